The number of hydrogen-bond donors (Lipinski definition) is 1. The Morgan fingerprint density at radius 2 is 1.73 bits per heavy atom. The lowest BCUT2D eigenvalue weighted by Gasteiger charge is -2.21. The van der Waals surface area contributed by atoms with Crippen molar-refractivity contribution in [3.05, 3.63) is 23.5 Å². The van der Waals surface area contributed by atoms with Gasteiger partial charge in [-0.25, -0.2) is 4.39 Å². The molecule has 1 aliphatic heterocycles. The van der Waals surface area contributed by atoms with Crippen molar-refractivity contribution in [2.45, 2.75) is 18.4 Å². The predicted octanol–water partition coefficient (Wildman–Crippen LogP) is 1.54. The van der Waals surface area contributed by atoms with Crippen molar-refractivity contribution < 1.29 is 13.9 Å². The highest BCUT2D eigenvalue weighted by atomic mass is 19.1. The summed E-state index contributed by atoms with van der Waals surface area (Å²) >= 11 is 0. The normalized spacial score (nSPS) is 21.2. The molecule has 1 aliphatic carbocycles. The SMILES string of the molecule is NC1(c2cc3c(cc2F)OCCO3)CC1. The molecule has 0 radical (unpaired) electrons. The zero-order valence-electron chi connectivity index (χ0n) is 8.25. The molecule has 1 saturated carbocycles. The van der Waals surface area contributed by atoms with Gasteiger partial charge >= 0.3 is 0 Å². The van der Waals surface area contributed by atoms with E-state index in [0.717, 1.165) is 12.8 Å². The third-order valence-corrected chi connectivity index (χ3v) is 2.96. The van der Waals surface area contributed by atoms with E-state index in [-0.39, 0.29) is 5.82 Å². The molecule has 4 heteroatoms. The van der Waals surface area contributed by atoms with E-state index in [4.69, 9.17) is 15.2 Å². The maximum Gasteiger partial charge on any atom is 0.164 e. The third-order valence-electron chi connectivity index (χ3n) is 2.96. The highest BCUT2D eigenvalue weighted by Crippen LogP contribution is 2.46. The predicted molar refractivity (Wildman–Crippen MR) is 52.5 cm³/mol. The van der Waals surface area contributed by atoms with Gasteiger partial charge in [0.2, 0.25) is 0 Å². The summed E-state index contributed by atoms with van der Waals surface area (Å²) in [6.07, 6.45) is 1.67. The smallest absolute Gasteiger partial charge is 0.164 e. The Kier molecular flexibility index (Phi) is 1.71. The molecule has 15 heavy (non-hydrogen) atoms. The van der Waals surface area contributed by atoms with Crippen molar-refractivity contribution in [2.24, 2.45) is 5.73 Å². The lowest BCUT2D eigenvalue weighted by Crippen LogP contribution is -2.22. The molecule has 0 atom stereocenters. The van der Waals surface area contributed by atoms with Crippen LogP contribution < -0.4 is 15.2 Å². The molecule has 1 fully saturated rings. The first-order chi connectivity index (χ1) is 7.19. The van der Waals surface area contributed by atoms with E-state index < -0.39 is 5.54 Å². The lowest BCUT2D eigenvalue weighted by atomic mass is 10.0. The van der Waals surface area contributed by atoms with Crippen molar-refractivity contribution in [1.82, 2.24) is 0 Å². The first kappa shape index (κ1) is 8.97. The van der Waals surface area contributed by atoms with Gasteiger partial charge in [0.25, 0.3) is 0 Å². The van der Waals surface area contributed by atoms with Gasteiger partial charge in [0, 0.05) is 17.2 Å². The Morgan fingerprint density at radius 3 is 2.33 bits per heavy atom. The highest BCUT2D eigenvalue weighted by molar-refractivity contribution is 5.47. The molecular weight excluding hydrogens is 197 g/mol. The average molecular weight is 209 g/mol. The van der Waals surface area contributed by atoms with Gasteiger partial charge in [0.15, 0.2) is 11.5 Å². The molecule has 1 heterocycles. The zero-order chi connectivity index (χ0) is 10.5. The maximum absolute atomic E-state index is 13.7. The van der Waals surface area contributed by atoms with Crippen LogP contribution in [0.1, 0.15) is 18.4 Å². The Labute approximate surface area is 87.0 Å². The van der Waals surface area contributed by atoms with E-state index in [2.05, 4.69) is 0 Å². The number of ether oxygens (including phenoxy) is 2. The fourth-order valence-corrected chi connectivity index (χ4v) is 1.85. The Hall–Kier alpha value is -1.29. The molecule has 2 aliphatic rings. The second kappa shape index (κ2) is 2.85. The Balaban J connectivity index is 2.08. The fraction of sp³-hybridized carbons (Fsp3) is 0.455. The minimum Gasteiger partial charge on any atom is -0.486 e. The van der Waals surface area contributed by atoms with E-state index in [0.29, 0.717) is 30.3 Å². The quantitative estimate of drug-likeness (QED) is 0.763. The maximum atomic E-state index is 13.7. The van der Waals surface area contributed by atoms with Crippen LogP contribution >= 0.6 is 0 Å². The molecule has 3 rings (SSSR count). The molecule has 0 bridgehead atoms. The number of hydrogen-bond acceptors (Lipinski definition) is 3. The highest BCUT2D eigenvalue weighted by Gasteiger charge is 2.42. The number of fused-ring (bicyclic) bond motifs is 1. The van der Waals surface area contributed by atoms with Crippen LogP contribution in [-0.2, 0) is 5.54 Å². The van der Waals surface area contributed by atoms with Crippen LogP contribution in [0.25, 0.3) is 0 Å². The van der Waals surface area contributed by atoms with Crippen LogP contribution in [0.4, 0.5) is 4.39 Å². The summed E-state index contributed by atoms with van der Waals surface area (Å²) in [6.45, 7) is 0.981. The molecular formula is C11H12FNO2. The summed E-state index contributed by atoms with van der Waals surface area (Å²) in [5, 5.41) is 0. The standard InChI is InChI=1S/C11H12FNO2/c12-8-6-10-9(14-3-4-15-10)5-7(8)11(13)1-2-11/h5-6H,1-4,13H2. The van der Waals surface area contributed by atoms with Crippen LogP contribution in [0, 0.1) is 5.82 Å². The van der Waals surface area contributed by atoms with Crippen molar-refractivity contribution in [2.75, 3.05) is 13.2 Å². The van der Waals surface area contributed by atoms with Crippen LogP contribution in [0.5, 0.6) is 11.5 Å². The second-order valence-corrected chi connectivity index (χ2v) is 4.13. The van der Waals surface area contributed by atoms with Crippen LogP contribution in [0.15, 0.2) is 12.1 Å². The Bertz CT molecular complexity index is 415. The van der Waals surface area contributed by atoms with Gasteiger partial charge < -0.3 is 15.2 Å². The number of rotatable bonds is 1. The number of nitrogens with two attached hydrogens (primary N) is 1. The largest absolute Gasteiger partial charge is 0.486 e. The van der Waals surface area contributed by atoms with Crippen molar-refractivity contribution in [1.29, 1.82) is 0 Å². The minimum atomic E-state index is -0.472. The molecule has 0 aromatic heterocycles. The number of benzene rings is 1. The monoisotopic (exact) mass is 209 g/mol. The Morgan fingerprint density at radius 1 is 1.13 bits per heavy atom. The molecule has 0 unspecified atom stereocenters. The van der Waals surface area contributed by atoms with Crippen molar-refractivity contribution in [3.8, 4) is 11.5 Å². The van der Waals surface area contributed by atoms with Crippen LogP contribution in [-0.4, -0.2) is 13.2 Å². The molecule has 0 saturated heterocycles. The lowest BCUT2D eigenvalue weighted by molar-refractivity contribution is 0.170. The van der Waals surface area contributed by atoms with Gasteiger partial charge in [-0.2, -0.15) is 0 Å². The third kappa shape index (κ3) is 1.36. The summed E-state index contributed by atoms with van der Waals surface area (Å²) in [7, 11) is 0. The van der Waals surface area contributed by atoms with E-state index >= 15 is 0 Å². The molecule has 0 spiro atoms. The summed E-state index contributed by atoms with van der Waals surface area (Å²) in [5.74, 6) is 0.792. The van der Waals surface area contributed by atoms with E-state index in [1.54, 1.807) is 6.07 Å². The van der Waals surface area contributed by atoms with Crippen molar-refractivity contribution >= 4 is 0 Å². The van der Waals surface area contributed by atoms with Gasteiger partial charge in [-0.15, -0.1) is 0 Å². The summed E-state index contributed by atoms with van der Waals surface area (Å²) < 4.78 is 24.4. The summed E-state index contributed by atoms with van der Waals surface area (Å²) in [6, 6.07) is 3.05. The fourth-order valence-electron chi connectivity index (χ4n) is 1.85. The van der Waals surface area contributed by atoms with E-state index in [1.165, 1.54) is 6.07 Å². The number of halogens is 1. The molecule has 3 nitrogen and oxygen atoms in total. The van der Waals surface area contributed by atoms with Gasteiger partial charge in [-0.1, -0.05) is 0 Å². The molecule has 0 amide bonds. The summed E-state index contributed by atoms with van der Waals surface area (Å²) in [5.41, 5.74) is 6.04. The first-order valence-corrected chi connectivity index (χ1v) is 5.08. The van der Waals surface area contributed by atoms with Gasteiger partial charge in [0.05, 0.1) is 0 Å². The topological polar surface area (TPSA) is 44.5 Å². The van der Waals surface area contributed by atoms with Gasteiger partial charge in [-0.05, 0) is 18.9 Å². The van der Waals surface area contributed by atoms with Gasteiger partial charge in [0.1, 0.15) is 19.0 Å². The van der Waals surface area contributed by atoms with Crippen LogP contribution in [0.3, 0.4) is 0 Å². The molecule has 1 aromatic carbocycles. The minimum absolute atomic E-state index is 0.292. The van der Waals surface area contributed by atoms with Crippen LogP contribution in [0.2, 0.25) is 0 Å². The van der Waals surface area contributed by atoms with Crippen molar-refractivity contribution in [3.63, 3.8) is 0 Å². The van der Waals surface area contributed by atoms with Gasteiger partial charge in [-0.3, -0.25) is 0 Å². The first-order valence-electron chi connectivity index (χ1n) is 5.08. The van der Waals surface area contributed by atoms with E-state index in [9.17, 15) is 4.39 Å². The second-order valence-electron chi connectivity index (χ2n) is 4.13. The zero-order valence-corrected chi connectivity index (χ0v) is 8.25. The molecule has 2 N–H and O–H groups in total. The average Bonchev–Trinajstić information content (AvgIpc) is 2.96. The summed E-state index contributed by atoms with van der Waals surface area (Å²) in [4.78, 5) is 0. The molecule has 1 aromatic rings. The molecule has 80 valence electrons. The van der Waals surface area contributed by atoms with E-state index in [1.807, 2.05) is 0 Å².